The lowest BCUT2D eigenvalue weighted by Crippen LogP contribution is -2.25. The van der Waals surface area contributed by atoms with Crippen LogP contribution < -0.4 is 4.72 Å². The fourth-order valence-electron chi connectivity index (χ4n) is 2.04. The number of hydrogen-bond acceptors (Lipinski definition) is 5. The van der Waals surface area contributed by atoms with Gasteiger partial charge in [0.1, 0.15) is 4.90 Å². The molecule has 0 atom stereocenters. The molecule has 0 unspecified atom stereocenters. The number of sulfonamides is 1. The van der Waals surface area contributed by atoms with Gasteiger partial charge >= 0.3 is 5.97 Å². The Morgan fingerprint density at radius 1 is 1.28 bits per heavy atom. The molecule has 8 nitrogen and oxygen atoms in total. The molecule has 0 aliphatic heterocycles. The molecule has 0 spiro atoms. The molecule has 136 valence electrons. The van der Waals surface area contributed by atoms with Gasteiger partial charge in [-0.3, -0.25) is 9.48 Å². The van der Waals surface area contributed by atoms with E-state index < -0.39 is 16.0 Å². The van der Waals surface area contributed by atoms with Gasteiger partial charge in [-0.1, -0.05) is 30.3 Å². The van der Waals surface area contributed by atoms with Crippen LogP contribution in [0.15, 0.2) is 47.6 Å². The van der Waals surface area contributed by atoms with Crippen molar-refractivity contribution in [3.63, 3.8) is 0 Å². The number of benzene rings is 1. The predicted molar refractivity (Wildman–Crippen MR) is 90.4 cm³/mol. The second-order valence-electron chi connectivity index (χ2n) is 5.37. The number of hydrogen-bond donors (Lipinski definition) is 2. The molecule has 0 saturated carbocycles. The third-order valence-electron chi connectivity index (χ3n) is 3.34. The Kier molecular flexibility index (Phi) is 7.11. The van der Waals surface area contributed by atoms with Gasteiger partial charge in [0.2, 0.25) is 10.0 Å². The van der Waals surface area contributed by atoms with Crippen molar-refractivity contribution >= 4 is 16.0 Å². The third kappa shape index (κ3) is 6.65. The van der Waals surface area contributed by atoms with E-state index in [9.17, 15) is 13.2 Å². The lowest BCUT2D eigenvalue weighted by atomic mass is 10.2. The Hall–Kier alpha value is -2.23. The summed E-state index contributed by atoms with van der Waals surface area (Å²) in [6, 6.07) is 9.73. The van der Waals surface area contributed by atoms with Crippen molar-refractivity contribution in [2.24, 2.45) is 0 Å². The molecule has 0 bridgehead atoms. The van der Waals surface area contributed by atoms with Gasteiger partial charge in [0, 0.05) is 19.3 Å². The van der Waals surface area contributed by atoms with E-state index in [1.165, 1.54) is 17.1 Å². The molecule has 9 heteroatoms. The van der Waals surface area contributed by atoms with Gasteiger partial charge in [0.05, 0.1) is 25.8 Å². The Balaban J connectivity index is 1.69. The average molecular weight is 367 g/mol. The Morgan fingerprint density at radius 2 is 2.04 bits per heavy atom. The lowest BCUT2D eigenvalue weighted by molar-refractivity contribution is -0.137. The second kappa shape index (κ2) is 9.30. The number of aryl methyl sites for hydroxylation is 1. The van der Waals surface area contributed by atoms with Crippen LogP contribution in [0.1, 0.15) is 18.4 Å². The highest BCUT2D eigenvalue weighted by Crippen LogP contribution is 2.07. The first-order valence-corrected chi connectivity index (χ1v) is 9.31. The first-order chi connectivity index (χ1) is 12.0. The number of nitrogens with one attached hydrogen (secondary N) is 1. The molecule has 0 aliphatic rings. The maximum atomic E-state index is 12.1. The minimum absolute atomic E-state index is 0.0168. The summed E-state index contributed by atoms with van der Waals surface area (Å²) in [6.45, 7) is 1.30. The van der Waals surface area contributed by atoms with E-state index in [4.69, 9.17) is 9.84 Å². The minimum atomic E-state index is -3.65. The Morgan fingerprint density at radius 3 is 2.76 bits per heavy atom. The number of rotatable bonds is 11. The lowest BCUT2D eigenvalue weighted by Gasteiger charge is -2.06. The molecule has 1 aromatic heterocycles. The minimum Gasteiger partial charge on any atom is -0.481 e. The summed E-state index contributed by atoms with van der Waals surface area (Å²) in [5.41, 5.74) is 1.07. The summed E-state index contributed by atoms with van der Waals surface area (Å²) in [5.74, 6) is -0.964. The van der Waals surface area contributed by atoms with E-state index in [0.29, 0.717) is 19.6 Å². The number of ether oxygens (including phenoxy) is 1. The molecule has 25 heavy (non-hydrogen) atoms. The van der Waals surface area contributed by atoms with Crippen molar-refractivity contribution in [3.8, 4) is 0 Å². The molecular formula is C16H21N3O5S. The molecule has 2 aromatic rings. The van der Waals surface area contributed by atoms with Gasteiger partial charge in [-0.2, -0.15) is 5.10 Å². The fourth-order valence-corrected chi connectivity index (χ4v) is 3.07. The molecule has 2 rings (SSSR count). The van der Waals surface area contributed by atoms with Gasteiger partial charge in [-0.25, -0.2) is 13.1 Å². The number of nitrogens with zero attached hydrogens (tertiary/aromatic N) is 2. The van der Waals surface area contributed by atoms with E-state index in [-0.39, 0.29) is 24.4 Å². The van der Waals surface area contributed by atoms with Gasteiger partial charge in [-0.05, 0) is 12.0 Å². The van der Waals surface area contributed by atoms with Crippen molar-refractivity contribution in [1.82, 2.24) is 14.5 Å². The van der Waals surface area contributed by atoms with Gasteiger partial charge in [0.15, 0.2) is 0 Å². The maximum Gasteiger partial charge on any atom is 0.305 e. The van der Waals surface area contributed by atoms with Crippen LogP contribution in [0.2, 0.25) is 0 Å². The van der Waals surface area contributed by atoms with E-state index in [2.05, 4.69) is 9.82 Å². The number of carbonyl (C=O) groups is 1. The van der Waals surface area contributed by atoms with Crippen molar-refractivity contribution in [2.75, 3.05) is 13.2 Å². The van der Waals surface area contributed by atoms with Crippen LogP contribution in [0, 0.1) is 0 Å². The summed E-state index contributed by atoms with van der Waals surface area (Å²) in [7, 11) is -3.65. The number of carboxylic acids is 1. The zero-order chi connectivity index (χ0) is 18.1. The Labute approximate surface area is 146 Å². The van der Waals surface area contributed by atoms with Crippen LogP contribution in [0.4, 0.5) is 0 Å². The number of carboxylic acid groups (broad SMARTS) is 1. The van der Waals surface area contributed by atoms with Crippen LogP contribution in [0.25, 0.3) is 0 Å². The topological polar surface area (TPSA) is 111 Å². The van der Waals surface area contributed by atoms with Gasteiger partial charge < -0.3 is 9.84 Å². The van der Waals surface area contributed by atoms with E-state index in [1.54, 1.807) is 0 Å². The molecule has 2 N–H and O–H groups in total. The average Bonchev–Trinajstić information content (AvgIpc) is 3.07. The summed E-state index contributed by atoms with van der Waals surface area (Å²) in [4.78, 5) is 10.5. The molecule has 1 aromatic carbocycles. The highest BCUT2D eigenvalue weighted by Gasteiger charge is 2.16. The SMILES string of the molecule is O=C(O)CCn1cc(S(=O)(=O)NCCCOCc2ccccc2)cn1. The predicted octanol–water partition coefficient (Wildman–Crippen LogP) is 1.24. The molecule has 0 aliphatic carbocycles. The van der Waals surface area contributed by atoms with Crippen LogP contribution in [-0.2, 0) is 32.7 Å². The summed E-state index contributed by atoms with van der Waals surface area (Å²) in [6.07, 6.45) is 2.94. The second-order valence-corrected chi connectivity index (χ2v) is 7.14. The highest BCUT2D eigenvalue weighted by molar-refractivity contribution is 7.89. The highest BCUT2D eigenvalue weighted by atomic mass is 32.2. The summed E-state index contributed by atoms with van der Waals surface area (Å²) in [5, 5.41) is 12.5. The Bertz CT molecular complexity index is 774. The maximum absolute atomic E-state index is 12.1. The van der Waals surface area contributed by atoms with Crippen LogP contribution in [0.3, 0.4) is 0 Å². The third-order valence-corrected chi connectivity index (χ3v) is 4.76. The molecule has 0 saturated heterocycles. The number of aromatic nitrogens is 2. The molecule has 1 heterocycles. The zero-order valence-corrected chi connectivity index (χ0v) is 14.5. The normalized spacial score (nSPS) is 11.5. The fraction of sp³-hybridized carbons (Fsp3) is 0.375. The van der Waals surface area contributed by atoms with Crippen LogP contribution in [0.5, 0.6) is 0 Å². The summed E-state index contributed by atoms with van der Waals surface area (Å²) >= 11 is 0. The van der Waals surface area contributed by atoms with E-state index >= 15 is 0 Å². The molecular weight excluding hydrogens is 346 g/mol. The van der Waals surface area contributed by atoms with Gasteiger partial charge in [0.25, 0.3) is 0 Å². The van der Waals surface area contributed by atoms with E-state index in [1.807, 2.05) is 30.3 Å². The van der Waals surface area contributed by atoms with Crippen LogP contribution in [-0.4, -0.2) is 42.4 Å². The largest absolute Gasteiger partial charge is 0.481 e. The molecule has 0 amide bonds. The van der Waals surface area contributed by atoms with Crippen molar-refractivity contribution in [2.45, 2.75) is 30.9 Å². The summed E-state index contributed by atoms with van der Waals surface area (Å²) < 4.78 is 33.5. The first kappa shape index (κ1) is 19.1. The monoisotopic (exact) mass is 367 g/mol. The van der Waals surface area contributed by atoms with Crippen LogP contribution >= 0.6 is 0 Å². The van der Waals surface area contributed by atoms with Gasteiger partial charge in [-0.15, -0.1) is 0 Å². The number of aliphatic carboxylic acids is 1. The van der Waals surface area contributed by atoms with E-state index in [0.717, 1.165) is 5.56 Å². The van der Waals surface area contributed by atoms with Crippen molar-refractivity contribution in [1.29, 1.82) is 0 Å². The standard InChI is InChI=1S/C16H21N3O5S/c20-16(21)7-9-19-12-15(11-17-19)25(22,23)18-8-4-10-24-13-14-5-2-1-3-6-14/h1-3,5-6,11-12,18H,4,7-10,13H2,(H,20,21). The smallest absolute Gasteiger partial charge is 0.305 e. The quantitative estimate of drug-likeness (QED) is 0.578. The molecule has 0 radical (unpaired) electrons. The first-order valence-electron chi connectivity index (χ1n) is 7.83. The van der Waals surface area contributed by atoms with Crippen molar-refractivity contribution in [3.05, 3.63) is 48.3 Å². The zero-order valence-electron chi connectivity index (χ0n) is 13.7. The van der Waals surface area contributed by atoms with Crippen molar-refractivity contribution < 1.29 is 23.1 Å². The molecule has 0 fully saturated rings.